The third kappa shape index (κ3) is 5.34. The zero-order chi connectivity index (χ0) is 16.7. The highest BCUT2D eigenvalue weighted by Gasteiger charge is 2.05. The Balaban J connectivity index is 2.74. The molecule has 0 radical (unpaired) electrons. The second-order valence-corrected chi connectivity index (χ2v) is 6.13. The third-order valence-corrected chi connectivity index (χ3v) is 4.60. The number of rotatable bonds is 6. The summed E-state index contributed by atoms with van der Waals surface area (Å²) in [5.74, 6) is 0. The minimum Gasteiger partial charge on any atom is -0.258 e. The van der Waals surface area contributed by atoms with Gasteiger partial charge < -0.3 is 0 Å². The first-order valence-electron chi connectivity index (χ1n) is 7.67. The molecular formula is C20H27NS. The van der Waals surface area contributed by atoms with Crippen LogP contribution >= 0.6 is 12.6 Å². The van der Waals surface area contributed by atoms with Crippen LogP contribution in [0.15, 0.2) is 63.5 Å². The van der Waals surface area contributed by atoms with Crippen molar-refractivity contribution in [3.05, 3.63) is 64.1 Å². The standard InChI is InChI=1S/C20H27NS/c1-7-14(2)20(22)18(6)15(3)12-13-17(5)21-19-11-9-8-10-16(19)4/h7-11,22H,3,12-13H2,1-2,4-6H3/b14-7-,20-18+,21-17?. The highest BCUT2D eigenvalue weighted by molar-refractivity contribution is 7.84. The van der Waals surface area contributed by atoms with Gasteiger partial charge in [-0.05, 0) is 70.2 Å². The molecule has 2 heteroatoms. The van der Waals surface area contributed by atoms with Gasteiger partial charge in [0.15, 0.2) is 0 Å². The monoisotopic (exact) mass is 313 g/mol. The predicted octanol–water partition coefficient (Wildman–Crippen LogP) is 6.59. The molecule has 0 aliphatic rings. The van der Waals surface area contributed by atoms with E-state index in [1.165, 1.54) is 16.7 Å². The molecule has 0 N–H and O–H groups in total. The van der Waals surface area contributed by atoms with Crippen LogP contribution in [-0.2, 0) is 0 Å². The van der Waals surface area contributed by atoms with E-state index in [4.69, 9.17) is 4.99 Å². The number of thiol groups is 1. The summed E-state index contributed by atoms with van der Waals surface area (Å²) in [6.45, 7) is 14.6. The first kappa shape index (κ1) is 18.5. The van der Waals surface area contributed by atoms with E-state index in [1.54, 1.807) is 0 Å². The Kier molecular flexibility index (Phi) is 7.40. The molecule has 0 aliphatic carbocycles. The largest absolute Gasteiger partial charge is 0.258 e. The molecule has 0 fully saturated rings. The number of benzene rings is 1. The van der Waals surface area contributed by atoms with Crippen LogP contribution in [0.25, 0.3) is 0 Å². The SMILES string of the molecule is C=C(CCC(C)=Nc1ccccc1C)/C(C)=C(S)\C(C)=C/C. The van der Waals surface area contributed by atoms with Gasteiger partial charge in [-0.3, -0.25) is 4.99 Å². The van der Waals surface area contributed by atoms with Crippen molar-refractivity contribution in [3.63, 3.8) is 0 Å². The Hall–Kier alpha value is -1.54. The molecule has 1 rings (SSSR count). The van der Waals surface area contributed by atoms with Crippen LogP contribution in [0, 0.1) is 6.92 Å². The first-order valence-corrected chi connectivity index (χ1v) is 8.12. The summed E-state index contributed by atoms with van der Waals surface area (Å²) in [6, 6.07) is 8.21. The van der Waals surface area contributed by atoms with Crippen molar-refractivity contribution >= 4 is 24.0 Å². The Morgan fingerprint density at radius 2 is 1.82 bits per heavy atom. The van der Waals surface area contributed by atoms with Crippen molar-refractivity contribution in [1.29, 1.82) is 0 Å². The Labute approximate surface area is 141 Å². The topological polar surface area (TPSA) is 12.4 Å². The maximum atomic E-state index is 4.71. The van der Waals surface area contributed by atoms with Gasteiger partial charge in [0.2, 0.25) is 0 Å². The van der Waals surface area contributed by atoms with Crippen LogP contribution < -0.4 is 0 Å². The van der Waals surface area contributed by atoms with E-state index in [0.29, 0.717) is 0 Å². The fraction of sp³-hybridized carbons (Fsp3) is 0.350. The van der Waals surface area contributed by atoms with Gasteiger partial charge >= 0.3 is 0 Å². The van der Waals surface area contributed by atoms with E-state index >= 15 is 0 Å². The predicted molar refractivity (Wildman–Crippen MR) is 103 cm³/mol. The van der Waals surface area contributed by atoms with E-state index in [1.807, 2.05) is 19.1 Å². The minimum atomic E-state index is 0.911. The lowest BCUT2D eigenvalue weighted by atomic mass is 10.0. The van der Waals surface area contributed by atoms with Gasteiger partial charge in [-0.2, -0.15) is 0 Å². The third-order valence-electron chi connectivity index (χ3n) is 3.91. The lowest BCUT2D eigenvalue weighted by Crippen LogP contribution is -1.95. The summed E-state index contributed by atoms with van der Waals surface area (Å²) in [5.41, 5.74) is 6.88. The number of para-hydroxylation sites is 1. The van der Waals surface area contributed by atoms with Crippen LogP contribution in [-0.4, -0.2) is 5.71 Å². The molecule has 1 nitrogen and oxygen atoms in total. The van der Waals surface area contributed by atoms with Gasteiger partial charge in [0, 0.05) is 10.6 Å². The van der Waals surface area contributed by atoms with Gasteiger partial charge in [-0.25, -0.2) is 0 Å². The zero-order valence-electron chi connectivity index (χ0n) is 14.4. The summed E-state index contributed by atoms with van der Waals surface area (Å²) in [6.07, 6.45) is 3.90. The smallest absolute Gasteiger partial charge is 0.0658 e. The number of allylic oxidation sites excluding steroid dienone is 4. The van der Waals surface area contributed by atoms with Crippen LogP contribution in [0.1, 0.15) is 46.1 Å². The maximum Gasteiger partial charge on any atom is 0.0658 e. The second-order valence-electron chi connectivity index (χ2n) is 5.68. The van der Waals surface area contributed by atoms with Gasteiger partial charge in [0.05, 0.1) is 5.69 Å². The van der Waals surface area contributed by atoms with E-state index in [9.17, 15) is 0 Å². The molecule has 1 aromatic carbocycles. The number of nitrogens with zero attached hydrogens (tertiary/aromatic N) is 1. The molecule has 0 unspecified atom stereocenters. The van der Waals surface area contributed by atoms with Crippen molar-refractivity contribution < 1.29 is 0 Å². The fourth-order valence-electron chi connectivity index (χ4n) is 2.07. The summed E-state index contributed by atoms with van der Waals surface area (Å²) in [4.78, 5) is 5.74. The van der Waals surface area contributed by atoms with Crippen molar-refractivity contribution in [2.45, 2.75) is 47.5 Å². The molecule has 0 bridgehead atoms. The molecule has 0 aliphatic heterocycles. The Morgan fingerprint density at radius 3 is 2.41 bits per heavy atom. The van der Waals surface area contributed by atoms with Gasteiger partial charge in [-0.1, -0.05) is 36.4 Å². The van der Waals surface area contributed by atoms with Crippen molar-refractivity contribution in [2.75, 3.05) is 0 Å². The highest BCUT2D eigenvalue weighted by Crippen LogP contribution is 2.25. The summed E-state index contributed by atoms with van der Waals surface area (Å²) >= 11 is 4.60. The molecule has 118 valence electrons. The van der Waals surface area contributed by atoms with Crippen molar-refractivity contribution in [3.8, 4) is 0 Å². The van der Waals surface area contributed by atoms with Crippen molar-refractivity contribution in [1.82, 2.24) is 0 Å². The Bertz CT molecular complexity index is 633. The van der Waals surface area contributed by atoms with E-state index < -0.39 is 0 Å². The minimum absolute atomic E-state index is 0.911. The lowest BCUT2D eigenvalue weighted by Gasteiger charge is -2.11. The lowest BCUT2D eigenvalue weighted by molar-refractivity contribution is 1.01. The average molecular weight is 314 g/mol. The summed E-state index contributed by atoms with van der Waals surface area (Å²) in [7, 11) is 0. The number of aliphatic imine (C=N–C) groups is 1. The molecule has 22 heavy (non-hydrogen) atoms. The molecule has 0 saturated heterocycles. The normalized spacial score (nSPS) is 13.9. The van der Waals surface area contributed by atoms with E-state index in [2.05, 4.69) is 65.1 Å². The molecule has 0 saturated carbocycles. The number of hydrogen-bond donors (Lipinski definition) is 1. The highest BCUT2D eigenvalue weighted by atomic mass is 32.1. The molecule has 0 atom stereocenters. The van der Waals surface area contributed by atoms with Crippen LogP contribution in [0.3, 0.4) is 0 Å². The average Bonchev–Trinajstić information content (AvgIpc) is 2.52. The summed E-state index contributed by atoms with van der Waals surface area (Å²) < 4.78 is 0. The van der Waals surface area contributed by atoms with Gasteiger partial charge in [0.25, 0.3) is 0 Å². The second kappa shape index (κ2) is 8.79. The fourth-order valence-corrected chi connectivity index (χ4v) is 2.36. The molecule has 1 aromatic rings. The van der Waals surface area contributed by atoms with Crippen LogP contribution in [0.2, 0.25) is 0 Å². The zero-order valence-corrected chi connectivity index (χ0v) is 15.3. The molecule has 0 aromatic heterocycles. The number of hydrogen-bond acceptors (Lipinski definition) is 2. The van der Waals surface area contributed by atoms with E-state index in [-0.39, 0.29) is 0 Å². The van der Waals surface area contributed by atoms with Gasteiger partial charge in [0.1, 0.15) is 0 Å². The molecule has 0 amide bonds. The van der Waals surface area contributed by atoms with Crippen LogP contribution in [0.5, 0.6) is 0 Å². The Morgan fingerprint density at radius 1 is 1.18 bits per heavy atom. The molecule has 0 heterocycles. The van der Waals surface area contributed by atoms with Gasteiger partial charge in [-0.15, -0.1) is 12.6 Å². The van der Waals surface area contributed by atoms with Crippen molar-refractivity contribution in [2.24, 2.45) is 4.99 Å². The van der Waals surface area contributed by atoms with Crippen LogP contribution in [0.4, 0.5) is 5.69 Å². The molecular weight excluding hydrogens is 286 g/mol. The first-order chi connectivity index (χ1) is 10.4. The van der Waals surface area contributed by atoms with E-state index in [0.717, 1.165) is 34.7 Å². The maximum absolute atomic E-state index is 4.71. The summed E-state index contributed by atoms with van der Waals surface area (Å²) in [5, 5.41) is 0. The molecule has 0 spiro atoms. The number of aryl methyl sites for hydroxylation is 1. The quantitative estimate of drug-likeness (QED) is 0.345.